The summed E-state index contributed by atoms with van der Waals surface area (Å²) in [4.78, 5) is 6.59. The lowest BCUT2D eigenvalue weighted by Gasteiger charge is -2.36. The summed E-state index contributed by atoms with van der Waals surface area (Å²) in [6.45, 7) is 5.29. The van der Waals surface area contributed by atoms with Gasteiger partial charge in [0, 0.05) is 0 Å². The topological polar surface area (TPSA) is 58.7 Å². The molecule has 1 saturated heterocycles. The van der Waals surface area contributed by atoms with Crippen LogP contribution < -0.4 is 4.90 Å². The van der Waals surface area contributed by atoms with Crippen LogP contribution in [0.3, 0.4) is 0 Å². The fraction of sp³-hybridized carbons (Fsp3) is 0.500. The van der Waals surface area contributed by atoms with Gasteiger partial charge in [-0.3, -0.25) is 0 Å². The highest BCUT2D eigenvalue weighted by Gasteiger charge is 2.28. The Kier molecular flexibility index (Phi) is 3.16. The Hall–Kier alpha value is -1.59. The first-order chi connectivity index (χ1) is 9.17. The Morgan fingerprint density at radius 2 is 2.32 bits per heavy atom. The number of hydrogen-bond acceptors (Lipinski definition) is 5. The van der Waals surface area contributed by atoms with Gasteiger partial charge in [-0.05, 0) is 31.5 Å². The van der Waals surface area contributed by atoms with Crippen LogP contribution in [0.4, 0.5) is 6.01 Å². The molecule has 1 aliphatic rings. The predicted molar refractivity (Wildman–Crippen MR) is 72.4 cm³/mol. The molecule has 1 aliphatic heterocycles. The molecule has 0 aliphatic carbocycles. The predicted octanol–water partition coefficient (Wildman–Crippen LogP) is 1.72. The highest BCUT2D eigenvalue weighted by atomic mass is 16.5. The van der Waals surface area contributed by atoms with Gasteiger partial charge in [-0.15, -0.1) is 0 Å². The first kappa shape index (κ1) is 12.4. The number of oxazole rings is 1. The minimum atomic E-state index is -0.173. The van der Waals surface area contributed by atoms with E-state index in [2.05, 4.69) is 16.8 Å². The van der Waals surface area contributed by atoms with E-state index < -0.39 is 0 Å². The van der Waals surface area contributed by atoms with Gasteiger partial charge in [0.25, 0.3) is 6.01 Å². The molecular weight excluding hydrogens is 244 g/mol. The van der Waals surface area contributed by atoms with Gasteiger partial charge in [0.05, 0.1) is 31.9 Å². The third-order valence-electron chi connectivity index (χ3n) is 3.49. The number of rotatable bonds is 2. The van der Waals surface area contributed by atoms with Gasteiger partial charge >= 0.3 is 0 Å². The minimum absolute atomic E-state index is 0.0164. The smallest absolute Gasteiger partial charge is 0.298 e. The van der Waals surface area contributed by atoms with Crippen LogP contribution in [-0.2, 0) is 4.74 Å². The van der Waals surface area contributed by atoms with Crippen molar-refractivity contribution in [3.63, 3.8) is 0 Å². The lowest BCUT2D eigenvalue weighted by molar-refractivity contribution is -0.0117. The van der Waals surface area contributed by atoms with E-state index in [1.54, 1.807) is 0 Å². The number of anilines is 1. The summed E-state index contributed by atoms with van der Waals surface area (Å²) >= 11 is 0. The normalized spacial score (nSPS) is 24.1. The highest BCUT2D eigenvalue weighted by molar-refractivity contribution is 5.75. The second-order valence-electron chi connectivity index (χ2n) is 5.11. The third-order valence-corrected chi connectivity index (χ3v) is 3.49. The van der Waals surface area contributed by atoms with Gasteiger partial charge in [0.15, 0.2) is 5.58 Å². The number of fused-ring (bicyclic) bond motifs is 1. The quantitative estimate of drug-likeness (QED) is 0.893. The molecule has 0 bridgehead atoms. The molecule has 5 heteroatoms. The zero-order valence-corrected chi connectivity index (χ0v) is 11.2. The van der Waals surface area contributed by atoms with Crippen molar-refractivity contribution in [2.75, 3.05) is 24.7 Å². The van der Waals surface area contributed by atoms with Crippen LogP contribution in [0, 0.1) is 6.92 Å². The van der Waals surface area contributed by atoms with E-state index in [4.69, 9.17) is 9.15 Å². The summed E-state index contributed by atoms with van der Waals surface area (Å²) in [5.74, 6) is 0. The molecule has 0 saturated carbocycles. The van der Waals surface area contributed by atoms with Crippen LogP contribution in [0.1, 0.15) is 12.5 Å². The number of morpholine rings is 1. The van der Waals surface area contributed by atoms with Gasteiger partial charge in [0.1, 0.15) is 5.52 Å². The molecule has 19 heavy (non-hydrogen) atoms. The molecule has 2 heterocycles. The van der Waals surface area contributed by atoms with Gasteiger partial charge < -0.3 is 19.2 Å². The van der Waals surface area contributed by atoms with Gasteiger partial charge in [-0.1, -0.05) is 6.07 Å². The van der Waals surface area contributed by atoms with Gasteiger partial charge in [0.2, 0.25) is 0 Å². The van der Waals surface area contributed by atoms with E-state index in [0.717, 1.165) is 16.7 Å². The maximum absolute atomic E-state index is 9.22. The Morgan fingerprint density at radius 3 is 3.11 bits per heavy atom. The Bertz CT molecular complexity index is 581. The molecular formula is C14H18N2O3. The summed E-state index contributed by atoms with van der Waals surface area (Å²) < 4.78 is 11.3. The summed E-state index contributed by atoms with van der Waals surface area (Å²) in [7, 11) is 0. The number of benzene rings is 1. The number of aliphatic hydroxyl groups excluding tert-OH is 1. The first-order valence-corrected chi connectivity index (χ1v) is 6.53. The Labute approximate surface area is 111 Å². The van der Waals surface area contributed by atoms with Crippen molar-refractivity contribution in [2.45, 2.75) is 26.0 Å². The van der Waals surface area contributed by atoms with Gasteiger partial charge in [-0.2, -0.15) is 4.98 Å². The van der Waals surface area contributed by atoms with Crippen LogP contribution in [0.5, 0.6) is 0 Å². The molecule has 5 nitrogen and oxygen atoms in total. The van der Waals surface area contributed by atoms with Crippen molar-refractivity contribution in [3.05, 3.63) is 23.8 Å². The van der Waals surface area contributed by atoms with Crippen LogP contribution >= 0.6 is 0 Å². The average Bonchev–Trinajstić information content (AvgIpc) is 2.82. The molecule has 1 fully saturated rings. The zero-order valence-electron chi connectivity index (χ0n) is 11.2. The molecule has 1 aromatic carbocycles. The summed E-state index contributed by atoms with van der Waals surface area (Å²) in [5, 5.41) is 9.22. The molecule has 0 amide bonds. The molecule has 3 rings (SSSR count). The number of aliphatic hydroxyl groups is 1. The maximum atomic E-state index is 9.22. The number of aryl methyl sites for hydroxylation is 1. The molecule has 2 atom stereocenters. The Balaban J connectivity index is 1.93. The SMILES string of the molecule is Cc1ccc2oc(N3C[C@H](CO)OC[C@H]3C)nc2c1. The first-order valence-electron chi connectivity index (χ1n) is 6.53. The molecule has 0 radical (unpaired) electrons. The van der Waals surface area contributed by atoms with E-state index in [-0.39, 0.29) is 18.8 Å². The fourth-order valence-electron chi connectivity index (χ4n) is 2.34. The van der Waals surface area contributed by atoms with Crippen LogP contribution in [-0.4, -0.2) is 42.0 Å². The molecule has 102 valence electrons. The monoisotopic (exact) mass is 262 g/mol. The average molecular weight is 262 g/mol. The zero-order chi connectivity index (χ0) is 13.4. The van der Waals surface area contributed by atoms with Crippen molar-refractivity contribution < 1.29 is 14.3 Å². The minimum Gasteiger partial charge on any atom is -0.423 e. The standard InChI is InChI=1S/C14H18N2O3/c1-9-3-4-13-12(5-9)15-14(19-13)16-6-11(7-17)18-8-10(16)2/h3-5,10-11,17H,6-8H2,1-2H3/t10-,11-/m1/s1. The summed E-state index contributed by atoms with van der Waals surface area (Å²) in [6, 6.07) is 6.76. The van der Waals surface area contributed by atoms with E-state index >= 15 is 0 Å². The number of aromatic nitrogens is 1. The van der Waals surface area contributed by atoms with Crippen molar-refractivity contribution in [1.82, 2.24) is 4.98 Å². The molecule has 0 spiro atoms. The molecule has 2 aromatic rings. The fourth-order valence-corrected chi connectivity index (χ4v) is 2.34. The molecule has 0 unspecified atom stereocenters. The number of ether oxygens (including phenoxy) is 1. The van der Waals surface area contributed by atoms with E-state index in [1.807, 2.05) is 25.1 Å². The second kappa shape index (κ2) is 4.83. The summed E-state index contributed by atoms with van der Waals surface area (Å²) in [5.41, 5.74) is 2.82. The van der Waals surface area contributed by atoms with Crippen LogP contribution in [0.2, 0.25) is 0 Å². The second-order valence-corrected chi connectivity index (χ2v) is 5.11. The van der Waals surface area contributed by atoms with Crippen LogP contribution in [0.25, 0.3) is 11.1 Å². The highest BCUT2D eigenvalue weighted by Crippen LogP contribution is 2.26. The van der Waals surface area contributed by atoms with E-state index in [1.165, 1.54) is 0 Å². The maximum Gasteiger partial charge on any atom is 0.298 e. The molecule has 1 N–H and O–H groups in total. The number of nitrogens with zero attached hydrogens (tertiary/aromatic N) is 2. The van der Waals surface area contributed by atoms with Crippen molar-refractivity contribution >= 4 is 17.1 Å². The molecule has 1 aromatic heterocycles. The number of hydrogen-bond donors (Lipinski definition) is 1. The lowest BCUT2D eigenvalue weighted by Crippen LogP contribution is -2.49. The Morgan fingerprint density at radius 1 is 1.47 bits per heavy atom. The van der Waals surface area contributed by atoms with Crippen molar-refractivity contribution in [2.24, 2.45) is 0 Å². The summed E-state index contributed by atoms with van der Waals surface area (Å²) in [6.07, 6.45) is -0.173. The lowest BCUT2D eigenvalue weighted by atomic mass is 10.2. The van der Waals surface area contributed by atoms with Crippen LogP contribution in [0.15, 0.2) is 22.6 Å². The van der Waals surface area contributed by atoms with E-state index in [0.29, 0.717) is 19.2 Å². The van der Waals surface area contributed by atoms with E-state index in [9.17, 15) is 5.11 Å². The van der Waals surface area contributed by atoms with Crippen molar-refractivity contribution in [3.8, 4) is 0 Å². The van der Waals surface area contributed by atoms with Crippen molar-refractivity contribution in [1.29, 1.82) is 0 Å². The van der Waals surface area contributed by atoms with Gasteiger partial charge in [-0.25, -0.2) is 0 Å². The largest absolute Gasteiger partial charge is 0.423 e. The third kappa shape index (κ3) is 2.31.